The van der Waals surface area contributed by atoms with Gasteiger partial charge in [-0.25, -0.2) is 4.39 Å². The lowest BCUT2D eigenvalue weighted by molar-refractivity contribution is 0.0708. The van der Waals surface area contributed by atoms with E-state index in [1.54, 1.807) is 11.2 Å². The number of carbonyl (C=O) groups is 1. The molecule has 19 heavy (non-hydrogen) atoms. The van der Waals surface area contributed by atoms with Crippen molar-refractivity contribution in [2.45, 2.75) is 13.1 Å². The van der Waals surface area contributed by atoms with Crippen LogP contribution in [0.3, 0.4) is 0 Å². The van der Waals surface area contributed by atoms with Crippen molar-refractivity contribution in [3.8, 4) is 0 Å². The summed E-state index contributed by atoms with van der Waals surface area (Å²) in [5.74, 6) is -0.0430. The van der Waals surface area contributed by atoms with E-state index in [0.29, 0.717) is 19.6 Å². The number of nitrogen functional groups attached to an aromatic ring is 1. The number of fused-ring (bicyclic) bond motifs is 1. The van der Waals surface area contributed by atoms with E-state index in [2.05, 4.69) is 10.2 Å². The summed E-state index contributed by atoms with van der Waals surface area (Å²) in [5, 5.41) is 7.73. The van der Waals surface area contributed by atoms with Crippen LogP contribution in [0, 0.1) is 5.82 Å². The number of halogens is 1. The standard InChI is InChI=1S/C12H12FN5O/c13-8-1-2-10(14)9(5-8)12(19)17-3-4-18-7-15-16-11(18)6-17/h1-2,5,7H,3-4,6,14H2. The molecule has 1 aliphatic heterocycles. The number of anilines is 1. The SMILES string of the molecule is Nc1ccc(F)cc1C(=O)N1CCn2cnnc2C1. The van der Waals surface area contributed by atoms with E-state index in [1.165, 1.54) is 12.1 Å². The predicted octanol–water partition coefficient (Wildman–Crippen LogP) is 0.655. The van der Waals surface area contributed by atoms with Crippen molar-refractivity contribution < 1.29 is 9.18 Å². The third kappa shape index (κ3) is 2.03. The number of rotatable bonds is 1. The minimum Gasteiger partial charge on any atom is -0.398 e. The van der Waals surface area contributed by atoms with E-state index in [1.807, 2.05) is 4.57 Å². The zero-order chi connectivity index (χ0) is 13.4. The lowest BCUT2D eigenvalue weighted by Gasteiger charge is -2.27. The molecule has 0 fully saturated rings. The summed E-state index contributed by atoms with van der Waals surface area (Å²) < 4.78 is 15.1. The maximum atomic E-state index is 13.2. The Balaban J connectivity index is 1.87. The number of benzene rings is 1. The van der Waals surface area contributed by atoms with Gasteiger partial charge < -0.3 is 15.2 Å². The zero-order valence-electron chi connectivity index (χ0n) is 10.1. The van der Waals surface area contributed by atoms with Crippen molar-refractivity contribution in [3.05, 3.63) is 41.7 Å². The van der Waals surface area contributed by atoms with Gasteiger partial charge in [0.15, 0.2) is 5.82 Å². The second-order valence-electron chi connectivity index (χ2n) is 4.40. The first-order valence-electron chi connectivity index (χ1n) is 5.86. The molecule has 0 radical (unpaired) electrons. The van der Waals surface area contributed by atoms with Gasteiger partial charge >= 0.3 is 0 Å². The van der Waals surface area contributed by atoms with Crippen LogP contribution in [-0.2, 0) is 13.1 Å². The summed E-state index contributed by atoms with van der Waals surface area (Å²) in [7, 11) is 0. The number of carbonyl (C=O) groups excluding carboxylic acids is 1. The lowest BCUT2D eigenvalue weighted by atomic mass is 10.1. The highest BCUT2D eigenvalue weighted by Crippen LogP contribution is 2.18. The number of amides is 1. The molecule has 0 saturated heterocycles. The maximum absolute atomic E-state index is 13.2. The van der Waals surface area contributed by atoms with Crippen molar-refractivity contribution in [1.29, 1.82) is 0 Å². The van der Waals surface area contributed by atoms with Crippen molar-refractivity contribution in [1.82, 2.24) is 19.7 Å². The second-order valence-corrected chi connectivity index (χ2v) is 4.40. The molecule has 0 aliphatic carbocycles. The van der Waals surface area contributed by atoms with E-state index in [-0.39, 0.29) is 17.2 Å². The Kier molecular flexibility index (Phi) is 2.66. The summed E-state index contributed by atoms with van der Waals surface area (Å²) >= 11 is 0. The van der Waals surface area contributed by atoms with Crippen LogP contribution in [0.15, 0.2) is 24.5 Å². The topological polar surface area (TPSA) is 77.0 Å². The summed E-state index contributed by atoms with van der Waals surface area (Å²) in [6.45, 7) is 1.51. The first-order chi connectivity index (χ1) is 9.15. The highest BCUT2D eigenvalue weighted by Gasteiger charge is 2.24. The molecule has 0 unspecified atom stereocenters. The molecule has 0 bridgehead atoms. The Hall–Kier alpha value is -2.44. The number of hydrogen-bond acceptors (Lipinski definition) is 4. The Labute approximate surface area is 108 Å². The molecule has 1 aromatic heterocycles. The monoisotopic (exact) mass is 261 g/mol. The number of hydrogen-bond donors (Lipinski definition) is 1. The Morgan fingerprint density at radius 3 is 3.05 bits per heavy atom. The van der Waals surface area contributed by atoms with Gasteiger partial charge in [0.2, 0.25) is 0 Å². The Bertz CT molecular complexity index is 639. The molecule has 3 rings (SSSR count). The fourth-order valence-corrected chi connectivity index (χ4v) is 2.12. The molecule has 0 saturated carbocycles. The highest BCUT2D eigenvalue weighted by molar-refractivity contribution is 5.99. The van der Waals surface area contributed by atoms with Gasteiger partial charge in [-0.15, -0.1) is 10.2 Å². The zero-order valence-corrected chi connectivity index (χ0v) is 10.1. The van der Waals surface area contributed by atoms with E-state index >= 15 is 0 Å². The molecule has 0 atom stereocenters. The van der Waals surface area contributed by atoms with E-state index in [9.17, 15) is 9.18 Å². The minimum atomic E-state index is -0.474. The molecule has 1 aromatic carbocycles. The number of nitrogens with zero attached hydrogens (tertiary/aromatic N) is 4. The van der Waals surface area contributed by atoms with Crippen LogP contribution < -0.4 is 5.73 Å². The van der Waals surface area contributed by atoms with Crippen LogP contribution >= 0.6 is 0 Å². The van der Waals surface area contributed by atoms with Gasteiger partial charge in [-0.05, 0) is 18.2 Å². The fourth-order valence-electron chi connectivity index (χ4n) is 2.12. The van der Waals surface area contributed by atoms with E-state index < -0.39 is 5.82 Å². The van der Waals surface area contributed by atoms with Gasteiger partial charge in [0, 0.05) is 18.8 Å². The molecule has 1 amide bonds. The van der Waals surface area contributed by atoms with Gasteiger partial charge in [-0.2, -0.15) is 0 Å². The van der Waals surface area contributed by atoms with E-state index in [0.717, 1.165) is 11.9 Å². The quantitative estimate of drug-likeness (QED) is 0.765. The van der Waals surface area contributed by atoms with Gasteiger partial charge in [0.05, 0.1) is 12.1 Å². The summed E-state index contributed by atoms with van der Waals surface area (Å²) in [4.78, 5) is 13.9. The lowest BCUT2D eigenvalue weighted by Crippen LogP contribution is -2.38. The average molecular weight is 261 g/mol. The van der Waals surface area contributed by atoms with Crippen molar-refractivity contribution in [2.75, 3.05) is 12.3 Å². The summed E-state index contributed by atoms with van der Waals surface area (Å²) in [5.41, 5.74) is 6.19. The van der Waals surface area contributed by atoms with Crippen molar-refractivity contribution in [2.24, 2.45) is 0 Å². The molecule has 0 spiro atoms. The van der Waals surface area contributed by atoms with Crippen LogP contribution in [0.1, 0.15) is 16.2 Å². The van der Waals surface area contributed by atoms with Crippen molar-refractivity contribution >= 4 is 11.6 Å². The molecule has 7 heteroatoms. The molecule has 6 nitrogen and oxygen atoms in total. The van der Waals surface area contributed by atoms with Gasteiger partial charge in [-0.3, -0.25) is 4.79 Å². The first kappa shape index (κ1) is 11.6. The Morgan fingerprint density at radius 1 is 1.37 bits per heavy atom. The maximum Gasteiger partial charge on any atom is 0.256 e. The molecular formula is C12H12FN5O. The minimum absolute atomic E-state index is 0.188. The third-order valence-electron chi connectivity index (χ3n) is 3.17. The summed E-state index contributed by atoms with van der Waals surface area (Å²) in [6.07, 6.45) is 1.63. The summed E-state index contributed by atoms with van der Waals surface area (Å²) in [6, 6.07) is 3.80. The average Bonchev–Trinajstić information content (AvgIpc) is 2.88. The van der Waals surface area contributed by atoms with Crippen LogP contribution in [0.5, 0.6) is 0 Å². The van der Waals surface area contributed by atoms with Crippen LogP contribution in [0.4, 0.5) is 10.1 Å². The highest BCUT2D eigenvalue weighted by atomic mass is 19.1. The van der Waals surface area contributed by atoms with Crippen molar-refractivity contribution in [3.63, 3.8) is 0 Å². The second kappa shape index (κ2) is 4.34. The normalized spacial score (nSPS) is 14.3. The molecule has 2 N–H and O–H groups in total. The van der Waals surface area contributed by atoms with Gasteiger partial charge in [0.1, 0.15) is 12.1 Å². The van der Waals surface area contributed by atoms with Gasteiger partial charge in [0.25, 0.3) is 5.91 Å². The third-order valence-corrected chi connectivity index (χ3v) is 3.17. The predicted molar refractivity (Wildman–Crippen MR) is 65.6 cm³/mol. The molecule has 98 valence electrons. The molecule has 2 heterocycles. The molecule has 2 aromatic rings. The Morgan fingerprint density at radius 2 is 2.21 bits per heavy atom. The molecular weight excluding hydrogens is 249 g/mol. The molecule has 1 aliphatic rings. The fraction of sp³-hybridized carbons (Fsp3) is 0.250. The smallest absolute Gasteiger partial charge is 0.256 e. The van der Waals surface area contributed by atoms with E-state index in [4.69, 9.17) is 5.73 Å². The number of nitrogens with two attached hydrogens (primary N) is 1. The number of aromatic nitrogens is 3. The first-order valence-corrected chi connectivity index (χ1v) is 5.86. The van der Waals surface area contributed by atoms with Crippen LogP contribution in [0.25, 0.3) is 0 Å². The van der Waals surface area contributed by atoms with Gasteiger partial charge in [-0.1, -0.05) is 0 Å². The largest absolute Gasteiger partial charge is 0.398 e. The van der Waals surface area contributed by atoms with Crippen LogP contribution in [-0.4, -0.2) is 32.1 Å². The van der Waals surface area contributed by atoms with Crippen LogP contribution in [0.2, 0.25) is 0 Å².